The highest BCUT2D eigenvalue weighted by atomic mass is 16.3. The maximum Gasteiger partial charge on any atom is 0.201 e. The molecular formula is C8H8N4O. The third kappa shape index (κ3) is 0.936. The number of hydrogen-bond donors (Lipinski definition) is 2. The average Bonchev–Trinajstić information content (AvgIpc) is 2.74. The fourth-order valence-electron chi connectivity index (χ4n) is 1.40. The molecule has 0 unspecified atom stereocenters. The maximum absolute atomic E-state index is 9.80. The summed E-state index contributed by atoms with van der Waals surface area (Å²) in [5, 5.41) is 20.0. The summed E-state index contributed by atoms with van der Waals surface area (Å²) in [7, 11) is 0. The molecule has 0 aliphatic heterocycles. The Labute approximate surface area is 73.8 Å². The highest BCUT2D eigenvalue weighted by molar-refractivity contribution is 5.69. The minimum absolute atomic E-state index is 0.591. The summed E-state index contributed by atoms with van der Waals surface area (Å²) in [4.78, 5) is 4.08. The van der Waals surface area contributed by atoms with Gasteiger partial charge < -0.3 is 5.11 Å². The number of fused-ring (bicyclic) bond motifs is 1. The van der Waals surface area contributed by atoms with E-state index >= 15 is 0 Å². The number of aromatic nitrogens is 4. The number of hydrogen-bond acceptors (Lipinski definition) is 4. The van der Waals surface area contributed by atoms with Crippen molar-refractivity contribution in [3.8, 4) is 0 Å². The van der Waals surface area contributed by atoms with Crippen molar-refractivity contribution in [3.63, 3.8) is 0 Å². The van der Waals surface area contributed by atoms with Gasteiger partial charge in [0.05, 0.1) is 5.60 Å². The van der Waals surface area contributed by atoms with Crippen molar-refractivity contribution in [2.75, 3.05) is 0 Å². The molecule has 2 aromatic heterocycles. The van der Waals surface area contributed by atoms with Crippen LogP contribution in [-0.4, -0.2) is 25.5 Å². The van der Waals surface area contributed by atoms with Crippen LogP contribution in [0.25, 0.3) is 11.2 Å². The van der Waals surface area contributed by atoms with Crippen LogP contribution in [0.5, 0.6) is 0 Å². The van der Waals surface area contributed by atoms with Gasteiger partial charge in [-0.3, -0.25) is 0 Å². The van der Waals surface area contributed by atoms with Gasteiger partial charge in [0, 0.05) is 11.8 Å². The second kappa shape index (κ2) is 2.05. The fourth-order valence-corrected chi connectivity index (χ4v) is 1.40. The highest BCUT2D eigenvalue weighted by Gasteiger charge is 2.42. The van der Waals surface area contributed by atoms with Crippen LogP contribution >= 0.6 is 0 Å². The van der Waals surface area contributed by atoms with E-state index in [4.69, 9.17) is 0 Å². The zero-order chi connectivity index (χ0) is 8.89. The third-order valence-corrected chi connectivity index (χ3v) is 2.43. The van der Waals surface area contributed by atoms with E-state index in [1.165, 1.54) is 0 Å². The van der Waals surface area contributed by atoms with Crippen molar-refractivity contribution < 1.29 is 5.11 Å². The summed E-state index contributed by atoms with van der Waals surface area (Å²) in [5.74, 6) is 0. The van der Waals surface area contributed by atoms with Crippen LogP contribution in [0.4, 0.5) is 0 Å². The van der Waals surface area contributed by atoms with Crippen LogP contribution in [-0.2, 0) is 5.60 Å². The van der Waals surface area contributed by atoms with Gasteiger partial charge in [0.1, 0.15) is 5.52 Å². The second-order valence-electron chi connectivity index (χ2n) is 3.42. The van der Waals surface area contributed by atoms with E-state index in [0.29, 0.717) is 11.2 Å². The van der Waals surface area contributed by atoms with E-state index in [2.05, 4.69) is 20.4 Å². The Morgan fingerprint density at radius 2 is 2.23 bits per heavy atom. The summed E-state index contributed by atoms with van der Waals surface area (Å²) in [5.41, 5.74) is 1.50. The van der Waals surface area contributed by atoms with Gasteiger partial charge in [0.2, 0.25) is 5.65 Å². The minimum atomic E-state index is -0.639. The molecule has 1 aliphatic rings. The maximum atomic E-state index is 9.80. The molecule has 5 nitrogen and oxygen atoms in total. The van der Waals surface area contributed by atoms with Gasteiger partial charge in [-0.2, -0.15) is 10.3 Å². The standard InChI is InChI=1S/C8H8N4O/c13-8(1-2-8)5-3-6-7(9-4-5)11-12-10-6/h3-4,13H,1-2H2,(H,9,10,11,12). The molecule has 1 aliphatic carbocycles. The van der Waals surface area contributed by atoms with Gasteiger partial charge >= 0.3 is 0 Å². The molecule has 3 rings (SSSR count). The zero-order valence-corrected chi connectivity index (χ0v) is 6.86. The molecule has 2 aromatic rings. The number of rotatable bonds is 1. The topological polar surface area (TPSA) is 74.7 Å². The first-order chi connectivity index (χ1) is 6.28. The molecule has 2 heterocycles. The number of aliphatic hydroxyl groups is 1. The molecule has 0 bridgehead atoms. The zero-order valence-electron chi connectivity index (χ0n) is 6.86. The molecule has 0 radical (unpaired) electrons. The lowest BCUT2D eigenvalue weighted by Gasteiger charge is -2.05. The molecule has 1 fully saturated rings. The number of nitrogens with zero attached hydrogens (tertiary/aromatic N) is 3. The van der Waals surface area contributed by atoms with Crippen LogP contribution in [0.1, 0.15) is 18.4 Å². The first-order valence-electron chi connectivity index (χ1n) is 4.17. The second-order valence-corrected chi connectivity index (χ2v) is 3.42. The normalized spacial score (nSPS) is 19.2. The van der Waals surface area contributed by atoms with E-state index in [-0.39, 0.29) is 0 Å². The van der Waals surface area contributed by atoms with Crippen molar-refractivity contribution in [1.29, 1.82) is 0 Å². The monoisotopic (exact) mass is 176 g/mol. The Balaban J connectivity index is 2.20. The van der Waals surface area contributed by atoms with Gasteiger partial charge in [-0.05, 0) is 18.9 Å². The van der Waals surface area contributed by atoms with Crippen LogP contribution in [0.15, 0.2) is 12.3 Å². The number of nitrogens with one attached hydrogen (secondary N) is 1. The molecule has 1 saturated carbocycles. The SMILES string of the molecule is OC1(c2cnc3n[nH]nc3c2)CC1. The largest absolute Gasteiger partial charge is 0.385 e. The molecule has 13 heavy (non-hydrogen) atoms. The van der Waals surface area contributed by atoms with E-state index in [0.717, 1.165) is 18.4 Å². The first kappa shape index (κ1) is 6.97. The highest BCUT2D eigenvalue weighted by Crippen LogP contribution is 2.45. The van der Waals surface area contributed by atoms with E-state index in [1.54, 1.807) is 6.20 Å². The van der Waals surface area contributed by atoms with Gasteiger partial charge in [-0.25, -0.2) is 4.98 Å². The van der Waals surface area contributed by atoms with Crippen molar-refractivity contribution in [1.82, 2.24) is 20.4 Å². The predicted octanol–water partition coefficient (Wildman–Crippen LogP) is 0.334. The van der Waals surface area contributed by atoms with Crippen molar-refractivity contribution >= 4 is 11.2 Å². The quantitative estimate of drug-likeness (QED) is 0.656. The summed E-state index contributed by atoms with van der Waals surface area (Å²) in [6.45, 7) is 0. The Bertz CT molecular complexity index is 460. The average molecular weight is 176 g/mol. The van der Waals surface area contributed by atoms with E-state index in [9.17, 15) is 5.11 Å². The molecule has 0 amide bonds. The number of aromatic amines is 1. The Hall–Kier alpha value is -1.49. The smallest absolute Gasteiger partial charge is 0.201 e. The van der Waals surface area contributed by atoms with Crippen LogP contribution in [0, 0.1) is 0 Å². The molecule has 5 heteroatoms. The molecule has 0 atom stereocenters. The van der Waals surface area contributed by atoms with Gasteiger partial charge in [-0.15, -0.1) is 5.10 Å². The summed E-state index contributed by atoms with van der Waals surface area (Å²) in [6, 6.07) is 1.83. The van der Waals surface area contributed by atoms with Crippen LogP contribution < -0.4 is 0 Å². The minimum Gasteiger partial charge on any atom is -0.385 e. The lowest BCUT2D eigenvalue weighted by Crippen LogP contribution is -2.04. The molecular weight excluding hydrogens is 168 g/mol. The van der Waals surface area contributed by atoms with Gasteiger partial charge in [0.25, 0.3) is 0 Å². The molecule has 0 spiro atoms. The van der Waals surface area contributed by atoms with Crippen LogP contribution in [0.2, 0.25) is 0 Å². The predicted molar refractivity (Wildman–Crippen MR) is 44.8 cm³/mol. The first-order valence-corrected chi connectivity index (χ1v) is 4.17. The van der Waals surface area contributed by atoms with Crippen molar-refractivity contribution in [2.24, 2.45) is 0 Å². The van der Waals surface area contributed by atoms with Crippen LogP contribution in [0.3, 0.4) is 0 Å². The summed E-state index contributed by atoms with van der Waals surface area (Å²) in [6.07, 6.45) is 3.30. The Morgan fingerprint density at radius 3 is 3.00 bits per heavy atom. The molecule has 66 valence electrons. The third-order valence-electron chi connectivity index (χ3n) is 2.43. The van der Waals surface area contributed by atoms with Crippen molar-refractivity contribution in [3.05, 3.63) is 17.8 Å². The fraction of sp³-hybridized carbons (Fsp3) is 0.375. The molecule has 0 aromatic carbocycles. The summed E-state index contributed by atoms with van der Waals surface area (Å²) >= 11 is 0. The molecule has 0 saturated heterocycles. The van der Waals surface area contributed by atoms with Gasteiger partial charge in [-0.1, -0.05) is 0 Å². The lowest BCUT2D eigenvalue weighted by molar-refractivity contribution is 0.151. The molecule has 2 N–H and O–H groups in total. The summed E-state index contributed by atoms with van der Waals surface area (Å²) < 4.78 is 0. The number of pyridine rings is 1. The Kier molecular flexibility index (Phi) is 1.10. The van der Waals surface area contributed by atoms with E-state index < -0.39 is 5.60 Å². The van der Waals surface area contributed by atoms with Crippen molar-refractivity contribution in [2.45, 2.75) is 18.4 Å². The lowest BCUT2D eigenvalue weighted by atomic mass is 10.1. The van der Waals surface area contributed by atoms with E-state index in [1.807, 2.05) is 6.07 Å². The van der Waals surface area contributed by atoms with Gasteiger partial charge in [0.15, 0.2) is 0 Å². The Morgan fingerprint density at radius 1 is 1.38 bits per heavy atom. The number of H-pyrrole nitrogens is 1.